The Morgan fingerprint density at radius 1 is 1.44 bits per heavy atom. The van der Waals surface area contributed by atoms with E-state index in [1.807, 2.05) is 0 Å². The largest absolute Gasteiger partial charge is 0.368 e. The van der Waals surface area contributed by atoms with Gasteiger partial charge < -0.3 is 15.4 Å². The average Bonchev–Trinajstić information content (AvgIpc) is 3.10. The number of carbonyl (C=O) groups excluding carboxylic acids is 1. The molecule has 0 atom stereocenters. The fraction of sp³-hybridized carbons (Fsp3) is 0.909. The first-order valence-electron chi connectivity index (χ1n) is 5.81. The topological polar surface area (TPSA) is 50.4 Å². The highest BCUT2D eigenvalue weighted by Crippen LogP contribution is 2.28. The van der Waals surface area contributed by atoms with Gasteiger partial charge in [0.25, 0.3) is 5.91 Å². The van der Waals surface area contributed by atoms with Gasteiger partial charge in [0.1, 0.15) is 5.60 Å². The SMILES string of the molecule is COC1(C(=O)NCC2CC2)CCNCC1.Cl. The summed E-state index contributed by atoms with van der Waals surface area (Å²) in [5.41, 5.74) is -0.569. The van der Waals surface area contributed by atoms with Crippen molar-refractivity contribution in [3.8, 4) is 0 Å². The molecule has 0 bridgehead atoms. The molecule has 1 aliphatic heterocycles. The highest BCUT2D eigenvalue weighted by molar-refractivity contribution is 5.85. The van der Waals surface area contributed by atoms with E-state index in [9.17, 15) is 4.79 Å². The fourth-order valence-corrected chi connectivity index (χ4v) is 2.07. The van der Waals surface area contributed by atoms with E-state index in [-0.39, 0.29) is 18.3 Å². The lowest BCUT2D eigenvalue weighted by Gasteiger charge is -2.34. The van der Waals surface area contributed by atoms with Crippen molar-refractivity contribution in [1.82, 2.24) is 10.6 Å². The van der Waals surface area contributed by atoms with Gasteiger partial charge in [-0.3, -0.25) is 4.79 Å². The molecular weight excluding hydrogens is 228 g/mol. The molecule has 2 rings (SSSR count). The van der Waals surface area contributed by atoms with Gasteiger partial charge in [0.2, 0.25) is 0 Å². The number of hydrogen-bond acceptors (Lipinski definition) is 3. The van der Waals surface area contributed by atoms with Gasteiger partial charge in [-0.05, 0) is 44.7 Å². The molecule has 2 aliphatic rings. The third-order valence-electron chi connectivity index (χ3n) is 3.46. The van der Waals surface area contributed by atoms with Crippen LogP contribution in [0.4, 0.5) is 0 Å². The second-order valence-electron chi connectivity index (χ2n) is 4.60. The molecule has 1 saturated carbocycles. The van der Waals surface area contributed by atoms with Gasteiger partial charge in [0, 0.05) is 13.7 Å². The van der Waals surface area contributed by atoms with E-state index in [2.05, 4.69) is 10.6 Å². The van der Waals surface area contributed by atoms with Crippen molar-refractivity contribution in [3.05, 3.63) is 0 Å². The number of hydrogen-bond donors (Lipinski definition) is 2. The van der Waals surface area contributed by atoms with Crippen molar-refractivity contribution in [2.75, 3.05) is 26.7 Å². The molecule has 0 aromatic heterocycles. The van der Waals surface area contributed by atoms with Gasteiger partial charge >= 0.3 is 0 Å². The molecule has 94 valence electrons. The highest BCUT2D eigenvalue weighted by Gasteiger charge is 2.40. The summed E-state index contributed by atoms with van der Waals surface area (Å²) < 4.78 is 5.44. The van der Waals surface area contributed by atoms with Crippen LogP contribution in [-0.2, 0) is 9.53 Å². The first-order valence-corrected chi connectivity index (χ1v) is 5.81. The molecule has 16 heavy (non-hydrogen) atoms. The summed E-state index contributed by atoms with van der Waals surface area (Å²) >= 11 is 0. The summed E-state index contributed by atoms with van der Waals surface area (Å²) in [6.45, 7) is 2.56. The second-order valence-corrected chi connectivity index (χ2v) is 4.60. The van der Waals surface area contributed by atoms with E-state index in [4.69, 9.17) is 4.74 Å². The van der Waals surface area contributed by atoms with Crippen LogP contribution in [-0.4, -0.2) is 38.3 Å². The lowest BCUT2D eigenvalue weighted by molar-refractivity contribution is -0.146. The maximum absolute atomic E-state index is 12.0. The molecule has 0 aromatic carbocycles. The van der Waals surface area contributed by atoms with E-state index >= 15 is 0 Å². The highest BCUT2D eigenvalue weighted by atomic mass is 35.5. The summed E-state index contributed by atoms with van der Waals surface area (Å²) in [7, 11) is 1.64. The molecule has 5 heteroatoms. The molecule has 2 fully saturated rings. The standard InChI is InChI=1S/C11H20N2O2.ClH/c1-15-11(4-6-12-7-5-11)10(14)13-8-9-2-3-9;/h9,12H,2-8H2,1H3,(H,13,14);1H. The zero-order valence-corrected chi connectivity index (χ0v) is 10.6. The van der Waals surface area contributed by atoms with Crippen LogP contribution in [0.1, 0.15) is 25.7 Å². The zero-order chi connectivity index (χ0) is 10.7. The monoisotopic (exact) mass is 248 g/mol. The Balaban J connectivity index is 0.00000128. The van der Waals surface area contributed by atoms with E-state index in [1.165, 1.54) is 12.8 Å². The molecule has 2 N–H and O–H groups in total. The van der Waals surface area contributed by atoms with Crippen LogP contribution in [0.2, 0.25) is 0 Å². The third kappa shape index (κ3) is 3.09. The van der Waals surface area contributed by atoms with Crippen molar-refractivity contribution in [3.63, 3.8) is 0 Å². The lowest BCUT2D eigenvalue weighted by Crippen LogP contribution is -2.54. The summed E-state index contributed by atoms with van der Waals surface area (Å²) in [4.78, 5) is 12.0. The van der Waals surface area contributed by atoms with Crippen LogP contribution in [0.25, 0.3) is 0 Å². The van der Waals surface area contributed by atoms with Crippen molar-refractivity contribution >= 4 is 18.3 Å². The van der Waals surface area contributed by atoms with E-state index in [1.54, 1.807) is 7.11 Å². The van der Waals surface area contributed by atoms with Gasteiger partial charge in [-0.15, -0.1) is 12.4 Å². The van der Waals surface area contributed by atoms with E-state index in [0.29, 0.717) is 0 Å². The molecule has 1 aliphatic carbocycles. The number of ether oxygens (including phenoxy) is 1. The summed E-state index contributed by atoms with van der Waals surface area (Å²) in [6, 6.07) is 0. The van der Waals surface area contributed by atoms with Crippen LogP contribution in [0.15, 0.2) is 0 Å². The average molecular weight is 249 g/mol. The molecule has 0 radical (unpaired) electrons. The molecule has 0 aromatic rings. The van der Waals surface area contributed by atoms with Crippen LogP contribution >= 0.6 is 12.4 Å². The normalized spacial score (nSPS) is 23.3. The Morgan fingerprint density at radius 2 is 2.06 bits per heavy atom. The minimum absolute atomic E-state index is 0. The fourth-order valence-electron chi connectivity index (χ4n) is 2.07. The predicted octanol–water partition coefficient (Wildman–Crippen LogP) is 0.703. The summed E-state index contributed by atoms with van der Waals surface area (Å²) in [5, 5.41) is 6.26. The number of halogens is 1. The zero-order valence-electron chi connectivity index (χ0n) is 9.75. The maximum Gasteiger partial charge on any atom is 0.252 e. The summed E-state index contributed by atoms with van der Waals surface area (Å²) in [5.74, 6) is 0.808. The maximum atomic E-state index is 12.0. The lowest BCUT2D eigenvalue weighted by atomic mass is 9.91. The van der Waals surface area contributed by atoms with Crippen LogP contribution in [0.3, 0.4) is 0 Å². The van der Waals surface area contributed by atoms with Crippen LogP contribution in [0.5, 0.6) is 0 Å². The Hall–Kier alpha value is -0.320. The number of rotatable bonds is 4. The minimum atomic E-state index is -0.569. The van der Waals surface area contributed by atoms with E-state index in [0.717, 1.165) is 38.4 Å². The van der Waals surface area contributed by atoms with Gasteiger partial charge in [0.05, 0.1) is 0 Å². The molecule has 1 saturated heterocycles. The first-order chi connectivity index (χ1) is 7.27. The minimum Gasteiger partial charge on any atom is -0.368 e. The molecule has 1 amide bonds. The van der Waals surface area contributed by atoms with Crippen molar-refractivity contribution in [2.24, 2.45) is 5.92 Å². The molecular formula is C11H21ClN2O2. The van der Waals surface area contributed by atoms with Gasteiger partial charge in [-0.25, -0.2) is 0 Å². The number of amides is 1. The number of piperidine rings is 1. The van der Waals surface area contributed by atoms with Gasteiger partial charge in [-0.2, -0.15) is 0 Å². The smallest absolute Gasteiger partial charge is 0.252 e. The van der Waals surface area contributed by atoms with Gasteiger partial charge in [-0.1, -0.05) is 0 Å². The third-order valence-corrected chi connectivity index (χ3v) is 3.46. The Kier molecular flexibility index (Phi) is 5.02. The molecule has 1 heterocycles. The van der Waals surface area contributed by atoms with Crippen molar-refractivity contribution in [1.29, 1.82) is 0 Å². The molecule has 4 nitrogen and oxygen atoms in total. The van der Waals surface area contributed by atoms with Crippen molar-refractivity contribution < 1.29 is 9.53 Å². The Morgan fingerprint density at radius 3 is 2.56 bits per heavy atom. The summed E-state index contributed by atoms with van der Waals surface area (Å²) in [6.07, 6.45) is 4.09. The Bertz CT molecular complexity index is 238. The number of methoxy groups -OCH3 is 1. The quantitative estimate of drug-likeness (QED) is 0.770. The number of carbonyl (C=O) groups is 1. The number of nitrogens with one attached hydrogen (secondary N) is 2. The van der Waals surface area contributed by atoms with Crippen molar-refractivity contribution in [2.45, 2.75) is 31.3 Å². The molecule has 0 spiro atoms. The van der Waals surface area contributed by atoms with Crippen LogP contribution in [0, 0.1) is 5.92 Å². The Labute approximate surface area is 103 Å². The van der Waals surface area contributed by atoms with Crippen LogP contribution < -0.4 is 10.6 Å². The predicted molar refractivity (Wildman–Crippen MR) is 64.8 cm³/mol. The van der Waals surface area contributed by atoms with E-state index < -0.39 is 5.60 Å². The van der Waals surface area contributed by atoms with Gasteiger partial charge in [0.15, 0.2) is 0 Å². The first kappa shape index (κ1) is 13.7. The second kappa shape index (κ2) is 5.84. The molecule has 0 unspecified atom stereocenters.